The summed E-state index contributed by atoms with van der Waals surface area (Å²) in [4.78, 5) is 0.783. The van der Waals surface area contributed by atoms with Crippen LogP contribution in [0, 0.1) is 5.82 Å². The third-order valence-corrected chi connectivity index (χ3v) is 4.17. The Labute approximate surface area is 122 Å². The van der Waals surface area contributed by atoms with Gasteiger partial charge in [0.25, 0.3) is 0 Å². The second kappa shape index (κ2) is 6.30. The Kier molecular flexibility index (Phi) is 4.71. The van der Waals surface area contributed by atoms with Crippen LogP contribution in [0.1, 0.15) is 5.56 Å². The molecule has 0 aliphatic rings. The van der Waals surface area contributed by atoms with Crippen LogP contribution < -0.4 is 5.32 Å². The monoisotopic (exact) mass is 341 g/mol. The van der Waals surface area contributed by atoms with Gasteiger partial charge in [-0.1, -0.05) is 12.1 Å². The molecule has 0 fully saturated rings. The molecule has 2 rings (SSSR count). The van der Waals surface area contributed by atoms with Crippen molar-refractivity contribution in [1.82, 2.24) is 0 Å². The predicted octanol–water partition coefficient (Wildman–Crippen LogP) is 3.94. The summed E-state index contributed by atoms with van der Waals surface area (Å²) in [5.41, 5.74) is 1.87. The minimum atomic E-state index is -0.991. The number of nitrogens with one attached hydrogen (secondary N) is 1. The van der Waals surface area contributed by atoms with Crippen LogP contribution in [-0.4, -0.2) is 10.5 Å². The largest absolute Gasteiger partial charge is 0.381 e. The molecule has 0 saturated heterocycles. The van der Waals surface area contributed by atoms with Gasteiger partial charge in [0.2, 0.25) is 0 Å². The highest BCUT2D eigenvalue weighted by atomic mass is 79.9. The van der Waals surface area contributed by atoms with Crippen LogP contribution >= 0.6 is 15.9 Å². The summed E-state index contributed by atoms with van der Waals surface area (Å²) in [6.07, 6.45) is 1.65. The molecule has 0 aliphatic heterocycles. The third kappa shape index (κ3) is 3.88. The van der Waals surface area contributed by atoms with Crippen LogP contribution in [0.2, 0.25) is 0 Å². The van der Waals surface area contributed by atoms with Gasteiger partial charge in [-0.05, 0) is 51.8 Å². The second-order valence-corrected chi connectivity index (χ2v) is 6.32. The summed E-state index contributed by atoms with van der Waals surface area (Å²) in [5, 5.41) is 3.23. The minimum absolute atomic E-state index is 0.271. The lowest BCUT2D eigenvalue weighted by atomic mass is 10.2. The van der Waals surface area contributed by atoms with Crippen molar-refractivity contribution in [2.45, 2.75) is 11.4 Å². The maximum absolute atomic E-state index is 13.1. The molecule has 2 nitrogen and oxygen atoms in total. The molecule has 0 aliphatic carbocycles. The van der Waals surface area contributed by atoms with Crippen LogP contribution in [0.4, 0.5) is 10.1 Å². The molecule has 0 spiro atoms. The molecule has 1 N–H and O–H groups in total. The number of hydrogen-bond acceptors (Lipinski definition) is 2. The maximum atomic E-state index is 13.1. The Hall–Kier alpha value is -1.20. The lowest BCUT2D eigenvalue weighted by Crippen LogP contribution is -2.00. The summed E-state index contributed by atoms with van der Waals surface area (Å²) >= 11 is 3.16. The van der Waals surface area contributed by atoms with Crippen molar-refractivity contribution in [2.75, 3.05) is 11.6 Å². The van der Waals surface area contributed by atoms with Gasteiger partial charge < -0.3 is 5.32 Å². The molecule has 1 atom stereocenters. The fourth-order valence-corrected chi connectivity index (χ4v) is 2.63. The van der Waals surface area contributed by atoms with Gasteiger partial charge in [0.1, 0.15) is 5.82 Å². The zero-order valence-corrected chi connectivity index (χ0v) is 12.7. The van der Waals surface area contributed by atoms with Crippen molar-refractivity contribution in [3.8, 4) is 0 Å². The molecule has 0 radical (unpaired) electrons. The van der Waals surface area contributed by atoms with Gasteiger partial charge in [-0.2, -0.15) is 0 Å². The van der Waals surface area contributed by atoms with E-state index in [0.717, 1.165) is 16.1 Å². The Morgan fingerprint density at radius 3 is 2.74 bits per heavy atom. The van der Waals surface area contributed by atoms with Gasteiger partial charge in [-0.25, -0.2) is 4.39 Å². The van der Waals surface area contributed by atoms with Crippen LogP contribution in [0.25, 0.3) is 0 Å². The van der Waals surface area contributed by atoms with E-state index < -0.39 is 10.8 Å². The number of hydrogen-bond donors (Lipinski definition) is 1. The number of anilines is 1. The zero-order valence-electron chi connectivity index (χ0n) is 10.3. The van der Waals surface area contributed by atoms with E-state index in [4.69, 9.17) is 0 Å². The standard InChI is InChI=1S/C14H13BrFNOS/c1-19(18)12-4-2-3-11(8-12)17-9-10-5-6-14(16)13(15)7-10/h2-8,17H,9H2,1H3. The molecule has 19 heavy (non-hydrogen) atoms. The van der Waals surface area contributed by atoms with Gasteiger partial charge in [-0.15, -0.1) is 0 Å². The van der Waals surface area contributed by atoms with Crippen molar-refractivity contribution in [1.29, 1.82) is 0 Å². The molecule has 0 aromatic heterocycles. The first-order chi connectivity index (χ1) is 9.06. The van der Waals surface area contributed by atoms with Gasteiger partial charge >= 0.3 is 0 Å². The number of benzene rings is 2. The fourth-order valence-electron chi connectivity index (χ4n) is 1.64. The summed E-state index contributed by atoms with van der Waals surface area (Å²) < 4.78 is 24.9. The van der Waals surface area contributed by atoms with Gasteiger partial charge in [-0.3, -0.25) is 4.21 Å². The molecule has 1 unspecified atom stereocenters. The summed E-state index contributed by atoms with van der Waals surface area (Å²) in [7, 11) is -0.991. The molecule has 2 aromatic rings. The van der Waals surface area contributed by atoms with E-state index in [1.807, 2.05) is 24.3 Å². The van der Waals surface area contributed by atoms with E-state index in [0.29, 0.717) is 11.0 Å². The van der Waals surface area contributed by atoms with Crippen molar-refractivity contribution >= 4 is 32.4 Å². The maximum Gasteiger partial charge on any atom is 0.137 e. The summed E-state index contributed by atoms with van der Waals surface area (Å²) in [5.74, 6) is -0.271. The highest BCUT2D eigenvalue weighted by molar-refractivity contribution is 9.10. The first-order valence-electron chi connectivity index (χ1n) is 5.67. The Morgan fingerprint density at radius 1 is 1.26 bits per heavy atom. The quantitative estimate of drug-likeness (QED) is 0.912. The first kappa shape index (κ1) is 14.2. The minimum Gasteiger partial charge on any atom is -0.381 e. The Morgan fingerprint density at radius 2 is 2.05 bits per heavy atom. The van der Waals surface area contributed by atoms with Crippen molar-refractivity contribution in [3.63, 3.8) is 0 Å². The van der Waals surface area contributed by atoms with Crippen molar-refractivity contribution in [2.24, 2.45) is 0 Å². The van der Waals surface area contributed by atoms with E-state index in [-0.39, 0.29) is 5.82 Å². The molecule has 5 heteroatoms. The van der Waals surface area contributed by atoms with E-state index in [2.05, 4.69) is 21.2 Å². The first-order valence-corrected chi connectivity index (χ1v) is 8.02. The third-order valence-electron chi connectivity index (χ3n) is 2.65. The Bertz CT molecular complexity index is 618. The van der Waals surface area contributed by atoms with Crippen LogP contribution in [-0.2, 0) is 17.3 Å². The van der Waals surface area contributed by atoms with Crippen molar-refractivity contribution < 1.29 is 8.60 Å². The summed E-state index contributed by atoms with van der Waals surface area (Å²) in [6, 6.07) is 12.4. The smallest absolute Gasteiger partial charge is 0.137 e. The van der Waals surface area contributed by atoms with Gasteiger partial charge in [0, 0.05) is 34.2 Å². The van der Waals surface area contributed by atoms with Gasteiger partial charge in [0.05, 0.1) is 4.47 Å². The normalized spacial score (nSPS) is 12.2. The number of halogens is 2. The zero-order chi connectivity index (χ0) is 13.8. The number of rotatable bonds is 4. The van der Waals surface area contributed by atoms with E-state index in [1.165, 1.54) is 6.07 Å². The van der Waals surface area contributed by atoms with Crippen LogP contribution in [0.3, 0.4) is 0 Å². The highest BCUT2D eigenvalue weighted by Gasteiger charge is 2.02. The lowest BCUT2D eigenvalue weighted by Gasteiger charge is -2.08. The molecule has 0 bridgehead atoms. The molecule has 0 amide bonds. The highest BCUT2D eigenvalue weighted by Crippen LogP contribution is 2.18. The SMILES string of the molecule is CS(=O)c1cccc(NCc2ccc(F)c(Br)c2)c1. The molecule has 0 saturated carbocycles. The average Bonchev–Trinajstić information content (AvgIpc) is 2.40. The average molecular weight is 342 g/mol. The lowest BCUT2D eigenvalue weighted by molar-refractivity contribution is 0.620. The van der Waals surface area contributed by atoms with Crippen LogP contribution in [0.5, 0.6) is 0 Å². The topological polar surface area (TPSA) is 29.1 Å². The van der Waals surface area contributed by atoms with Crippen LogP contribution in [0.15, 0.2) is 51.8 Å². The predicted molar refractivity (Wildman–Crippen MR) is 80.2 cm³/mol. The molecule has 0 heterocycles. The van der Waals surface area contributed by atoms with Crippen molar-refractivity contribution in [3.05, 3.63) is 58.3 Å². The molecular weight excluding hydrogens is 329 g/mol. The van der Waals surface area contributed by atoms with E-state index in [1.54, 1.807) is 18.4 Å². The Balaban J connectivity index is 2.07. The fraction of sp³-hybridized carbons (Fsp3) is 0.143. The molecule has 2 aromatic carbocycles. The molecular formula is C14H13BrFNOS. The van der Waals surface area contributed by atoms with Gasteiger partial charge in [0.15, 0.2) is 0 Å². The second-order valence-electron chi connectivity index (χ2n) is 4.08. The summed E-state index contributed by atoms with van der Waals surface area (Å²) in [6.45, 7) is 0.582. The molecule has 100 valence electrons. The van der Waals surface area contributed by atoms with E-state index >= 15 is 0 Å². The van der Waals surface area contributed by atoms with E-state index in [9.17, 15) is 8.60 Å².